The van der Waals surface area contributed by atoms with Crippen molar-refractivity contribution in [1.29, 1.82) is 0 Å². The largest absolute Gasteiger partial charge is 0.416 e. The first-order chi connectivity index (χ1) is 24.3. The van der Waals surface area contributed by atoms with Crippen LogP contribution in [0.15, 0.2) is 70.5 Å². The molecule has 52 heavy (non-hydrogen) atoms. The summed E-state index contributed by atoms with van der Waals surface area (Å²) in [4.78, 5) is 36.4. The van der Waals surface area contributed by atoms with Crippen LogP contribution in [0.1, 0.15) is 71.0 Å². The van der Waals surface area contributed by atoms with Crippen molar-refractivity contribution in [2.24, 2.45) is 0 Å². The van der Waals surface area contributed by atoms with Crippen LogP contribution in [0.5, 0.6) is 0 Å². The number of halogens is 8. The molecule has 6 rings (SSSR count). The quantitative estimate of drug-likeness (QED) is 0.173. The molecule has 20 heteroatoms. The number of hydrogen-bond acceptors (Lipinski definition) is 8. The molecule has 4 aromatic heterocycles. The second-order valence-electron chi connectivity index (χ2n) is 11.5. The van der Waals surface area contributed by atoms with Crippen molar-refractivity contribution in [2.45, 2.75) is 51.9 Å². The summed E-state index contributed by atoms with van der Waals surface area (Å²) in [5.41, 5.74) is -0.358. The van der Waals surface area contributed by atoms with Crippen LogP contribution >= 0.6 is 23.2 Å². The van der Waals surface area contributed by atoms with Crippen molar-refractivity contribution >= 4 is 23.2 Å². The summed E-state index contributed by atoms with van der Waals surface area (Å²) in [5, 5.41) is 15.9. The average Bonchev–Trinajstić information content (AvgIpc) is 3.74. The van der Waals surface area contributed by atoms with E-state index in [1.54, 1.807) is 40.1 Å². The minimum Gasteiger partial charge on any atom is -0.311 e. The minimum absolute atomic E-state index is 0.00741. The zero-order valence-electron chi connectivity index (χ0n) is 27.3. The Hall–Kier alpha value is -5.36. The SMILES string of the molecule is Cc1nc(-n2cc([C@@H](C)c3ccc(C(F)(F)F)cc3Cl)nn2)cc(=O)[nH]1.Cc1nc(-n2cc([C@H](C)c3ccc(C(F)(F)F)cc3Cl)nn2)cc(=O)[nH]1. The maximum atomic E-state index is 12.8. The lowest BCUT2D eigenvalue weighted by Crippen LogP contribution is -2.12. The standard InChI is InChI=1S/2C16H13ClF3N5O/c2*1-8(11-4-3-10(5-12(11)17)16(18,19)20)13-7-25(24-23-13)14-6-15(26)22-9(2)21-14/h2*3-8H,1-2H3,(H,21,22,26)/t2*8-/m10/s1. The molecule has 2 atom stereocenters. The Bertz CT molecular complexity index is 2190. The molecule has 2 aromatic carbocycles. The van der Waals surface area contributed by atoms with Gasteiger partial charge in [0, 0.05) is 34.0 Å². The molecular formula is C32H26Cl2F6N10O2. The van der Waals surface area contributed by atoms with E-state index in [1.807, 2.05) is 0 Å². The van der Waals surface area contributed by atoms with E-state index in [9.17, 15) is 35.9 Å². The molecular weight excluding hydrogens is 741 g/mol. The topological polar surface area (TPSA) is 153 Å². The Balaban J connectivity index is 0.000000201. The van der Waals surface area contributed by atoms with Crippen LogP contribution in [0.2, 0.25) is 10.0 Å². The van der Waals surface area contributed by atoms with E-state index in [0.29, 0.717) is 34.2 Å². The zero-order valence-corrected chi connectivity index (χ0v) is 28.9. The Morgan fingerprint density at radius 2 is 1.00 bits per heavy atom. The number of aromatic nitrogens is 10. The molecule has 0 aliphatic rings. The van der Waals surface area contributed by atoms with Gasteiger partial charge in [0.1, 0.15) is 11.6 Å². The Kier molecular flexibility index (Phi) is 10.7. The second-order valence-corrected chi connectivity index (χ2v) is 12.3. The van der Waals surface area contributed by atoms with Crippen molar-refractivity contribution in [3.8, 4) is 11.6 Å². The smallest absolute Gasteiger partial charge is 0.311 e. The first kappa shape index (κ1) is 37.9. The fourth-order valence-corrected chi connectivity index (χ4v) is 5.65. The van der Waals surface area contributed by atoms with Gasteiger partial charge in [0.05, 0.1) is 34.9 Å². The Labute approximate surface area is 299 Å². The fourth-order valence-electron chi connectivity index (χ4n) is 4.96. The van der Waals surface area contributed by atoms with Crippen molar-refractivity contribution in [3.05, 3.63) is 137 Å². The highest BCUT2D eigenvalue weighted by Gasteiger charge is 2.32. The van der Waals surface area contributed by atoms with Gasteiger partial charge in [-0.3, -0.25) is 9.59 Å². The van der Waals surface area contributed by atoms with Gasteiger partial charge in [-0.1, -0.05) is 59.6 Å². The van der Waals surface area contributed by atoms with Crippen LogP contribution in [-0.4, -0.2) is 49.9 Å². The van der Waals surface area contributed by atoms with Gasteiger partial charge >= 0.3 is 12.4 Å². The molecule has 6 aromatic rings. The number of rotatable bonds is 6. The number of benzene rings is 2. The van der Waals surface area contributed by atoms with Gasteiger partial charge in [-0.2, -0.15) is 26.3 Å². The van der Waals surface area contributed by atoms with E-state index in [0.717, 1.165) is 24.3 Å². The van der Waals surface area contributed by atoms with Crippen molar-refractivity contribution in [1.82, 2.24) is 49.9 Å². The van der Waals surface area contributed by atoms with E-state index in [1.165, 1.54) is 33.6 Å². The molecule has 0 saturated carbocycles. The van der Waals surface area contributed by atoms with Gasteiger partial charge in [0.2, 0.25) is 0 Å². The summed E-state index contributed by atoms with van der Waals surface area (Å²) < 4.78 is 79.2. The maximum absolute atomic E-state index is 12.8. The van der Waals surface area contributed by atoms with Crippen LogP contribution in [0.25, 0.3) is 11.6 Å². The molecule has 0 saturated heterocycles. The highest BCUT2D eigenvalue weighted by Crippen LogP contribution is 2.37. The first-order valence-corrected chi connectivity index (χ1v) is 15.8. The molecule has 12 nitrogen and oxygen atoms in total. The fraction of sp³-hybridized carbons (Fsp3) is 0.250. The second kappa shape index (κ2) is 14.7. The average molecular weight is 768 g/mol. The molecule has 0 fully saturated rings. The Morgan fingerprint density at radius 3 is 1.31 bits per heavy atom. The first-order valence-electron chi connectivity index (χ1n) is 15.0. The normalized spacial score (nSPS) is 13.0. The molecule has 0 amide bonds. The summed E-state index contributed by atoms with van der Waals surface area (Å²) in [5.74, 6) is 0.612. The Morgan fingerprint density at radius 1 is 0.635 bits per heavy atom. The van der Waals surface area contributed by atoms with Crippen LogP contribution in [0, 0.1) is 13.8 Å². The van der Waals surface area contributed by atoms with E-state index in [2.05, 4.69) is 40.6 Å². The van der Waals surface area contributed by atoms with Gasteiger partial charge in [-0.15, -0.1) is 10.2 Å². The zero-order chi connectivity index (χ0) is 38.1. The van der Waals surface area contributed by atoms with E-state index < -0.39 is 35.3 Å². The molecule has 0 aliphatic heterocycles. The summed E-state index contributed by atoms with van der Waals surface area (Å²) in [6.07, 6.45) is -5.81. The van der Waals surface area contributed by atoms with Gasteiger partial charge in [-0.25, -0.2) is 19.3 Å². The van der Waals surface area contributed by atoms with Gasteiger partial charge in [0.15, 0.2) is 11.6 Å². The number of nitrogens with one attached hydrogen (secondary N) is 2. The van der Waals surface area contributed by atoms with E-state index in [-0.39, 0.29) is 32.8 Å². The molecule has 272 valence electrons. The monoisotopic (exact) mass is 766 g/mol. The van der Waals surface area contributed by atoms with Crippen molar-refractivity contribution < 1.29 is 26.3 Å². The summed E-state index contributed by atoms with van der Waals surface area (Å²) in [6.45, 7) is 6.76. The van der Waals surface area contributed by atoms with Crippen molar-refractivity contribution in [2.75, 3.05) is 0 Å². The third kappa shape index (κ3) is 8.74. The highest BCUT2D eigenvalue weighted by atomic mass is 35.5. The number of H-pyrrole nitrogens is 2. The van der Waals surface area contributed by atoms with Gasteiger partial charge in [-0.05, 0) is 49.2 Å². The molecule has 0 aliphatic carbocycles. The predicted octanol–water partition coefficient (Wildman–Crippen LogP) is 6.97. The number of nitrogens with zero attached hydrogens (tertiary/aromatic N) is 8. The van der Waals surface area contributed by atoms with E-state index >= 15 is 0 Å². The summed E-state index contributed by atoms with van der Waals surface area (Å²) in [7, 11) is 0. The van der Waals surface area contributed by atoms with Crippen LogP contribution in [0.4, 0.5) is 26.3 Å². The summed E-state index contributed by atoms with van der Waals surface area (Å²) in [6, 6.07) is 8.91. The van der Waals surface area contributed by atoms with Crippen LogP contribution in [-0.2, 0) is 12.4 Å². The van der Waals surface area contributed by atoms with Gasteiger partial charge in [0.25, 0.3) is 11.1 Å². The molecule has 0 spiro atoms. The number of aryl methyl sites for hydroxylation is 2. The maximum Gasteiger partial charge on any atom is 0.416 e. The van der Waals surface area contributed by atoms with Crippen LogP contribution < -0.4 is 11.1 Å². The molecule has 0 unspecified atom stereocenters. The van der Waals surface area contributed by atoms with Crippen molar-refractivity contribution in [3.63, 3.8) is 0 Å². The van der Waals surface area contributed by atoms with E-state index in [4.69, 9.17) is 23.2 Å². The van der Waals surface area contributed by atoms with Gasteiger partial charge < -0.3 is 9.97 Å². The lowest BCUT2D eigenvalue weighted by molar-refractivity contribution is -0.138. The molecule has 0 bridgehead atoms. The molecule has 2 N–H and O–H groups in total. The van der Waals surface area contributed by atoms with Crippen LogP contribution in [0.3, 0.4) is 0 Å². The third-order valence-corrected chi connectivity index (χ3v) is 8.32. The lowest BCUT2D eigenvalue weighted by Gasteiger charge is -2.13. The third-order valence-electron chi connectivity index (χ3n) is 7.66. The summed E-state index contributed by atoms with van der Waals surface area (Å²) >= 11 is 12.1. The highest BCUT2D eigenvalue weighted by molar-refractivity contribution is 6.31. The minimum atomic E-state index is -4.46. The molecule has 0 radical (unpaired) electrons. The predicted molar refractivity (Wildman–Crippen MR) is 177 cm³/mol. The number of aromatic amines is 2. The number of alkyl halides is 6. The lowest BCUT2D eigenvalue weighted by atomic mass is 9.97. The number of hydrogen-bond donors (Lipinski definition) is 2. The molecule has 4 heterocycles.